The molecule has 0 bridgehead atoms. The maximum Gasteiger partial charge on any atom is 0.130 e. The Kier molecular flexibility index (Phi) is 4.28. The van der Waals surface area contributed by atoms with E-state index in [0.29, 0.717) is 16.5 Å². The second-order valence-electron chi connectivity index (χ2n) is 4.82. The summed E-state index contributed by atoms with van der Waals surface area (Å²) in [5.74, 6) is 0. The molecule has 1 atom stereocenters. The van der Waals surface area contributed by atoms with Gasteiger partial charge in [0, 0.05) is 10.0 Å². The normalized spacial score (nSPS) is 13.8. The zero-order valence-electron chi connectivity index (χ0n) is 10.6. The largest absolute Gasteiger partial charge is 0.302 e. The highest BCUT2D eigenvalue weighted by Gasteiger charge is 2.28. The molecule has 2 aromatic carbocycles. The Morgan fingerprint density at radius 2 is 1.84 bits per heavy atom. The number of hydrogen-bond acceptors (Lipinski definition) is 1. The molecule has 0 saturated carbocycles. The van der Waals surface area contributed by atoms with Crippen LogP contribution in [0.1, 0.15) is 18.1 Å². The predicted molar refractivity (Wildman–Crippen MR) is 80.0 cm³/mol. The lowest BCUT2D eigenvalue weighted by Gasteiger charge is -2.25. The summed E-state index contributed by atoms with van der Waals surface area (Å²) in [4.78, 5) is 11.6. The maximum absolute atomic E-state index is 11.6. The van der Waals surface area contributed by atoms with E-state index in [0.717, 1.165) is 17.4 Å². The van der Waals surface area contributed by atoms with Gasteiger partial charge >= 0.3 is 0 Å². The van der Waals surface area contributed by atoms with Crippen LogP contribution in [0, 0.1) is 0 Å². The molecule has 0 radical (unpaired) electrons. The molecule has 0 N–H and O–H groups in total. The summed E-state index contributed by atoms with van der Waals surface area (Å²) < 4.78 is 0. The lowest BCUT2D eigenvalue weighted by Crippen LogP contribution is -2.27. The van der Waals surface area contributed by atoms with E-state index in [2.05, 4.69) is 0 Å². The molecular formula is C16H14Cl2O. The number of benzene rings is 2. The summed E-state index contributed by atoms with van der Waals surface area (Å²) in [6, 6.07) is 15.0. The number of halogens is 2. The van der Waals surface area contributed by atoms with Crippen LogP contribution in [-0.2, 0) is 16.6 Å². The third kappa shape index (κ3) is 3.17. The topological polar surface area (TPSA) is 17.1 Å². The standard InChI is InChI=1S/C16H14Cl2O/c1-16(11-19,14-7-2-3-8-15(14)18)10-12-5-4-6-13(17)9-12/h2-9,11H,10H2,1H3. The second kappa shape index (κ2) is 5.77. The smallest absolute Gasteiger partial charge is 0.130 e. The summed E-state index contributed by atoms with van der Waals surface area (Å²) >= 11 is 12.2. The third-order valence-corrected chi connectivity index (χ3v) is 3.77. The van der Waals surface area contributed by atoms with E-state index in [4.69, 9.17) is 23.2 Å². The van der Waals surface area contributed by atoms with Gasteiger partial charge in [0.1, 0.15) is 6.29 Å². The van der Waals surface area contributed by atoms with Gasteiger partial charge in [0.15, 0.2) is 0 Å². The Morgan fingerprint density at radius 3 is 2.47 bits per heavy atom. The number of carbonyl (C=O) groups is 1. The van der Waals surface area contributed by atoms with Crippen molar-refractivity contribution in [3.05, 3.63) is 69.7 Å². The van der Waals surface area contributed by atoms with Gasteiger partial charge in [-0.25, -0.2) is 0 Å². The van der Waals surface area contributed by atoms with E-state index < -0.39 is 5.41 Å². The fraction of sp³-hybridized carbons (Fsp3) is 0.188. The van der Waals surface area contributed by atoms with Crippen molar-refractivity contribution >= 4 is 29.5 Å². The van der Waals surface area contributed by atoms with Gasteiger partial charge in [-0.05, 0) is 42.7 Å². The highest BCUT2D eigenvalue weighted by molar-refractivity contribution is 6.31. The quantitative estimate of drug-likeness (QED) is 0.747. The molecule has 98 valence electrons. The molecule has 0 amide bonds. The monoisotopic (exact) mass is 292 g/mol. The molecule has 0 fully saturated rings. The minimum absolute atomic E-state index is 0.570. The van der Waals surface area contributed by atoms with Crippen LogP contribution < -0.4 is 0 Å². The lowest BCUT2D eigenvalue weighted by molar-refractivity contribution is -0.112. The molecule has 2 aromatic rings. The van der Waals surface area contributed by atoms with E-state index >= 15 is 0 Å². The van der Waals surface area contributed by atoms with Crippen molar-refractivity contribution in [2.24, 2.45) is 0 Å². The average Bonchev–Trinajstić information content (AvgIpc) is 2.39. The van der Waals surface area contributed by atoms with E-state index in [1.807, 2.05) is 49.4 Å². The van der Waals surface area contributed by atoms with Gasteiger partial charge < -0.3 is 4.79 Å². The van der Waals surface area contributed by atoms with Gasteiger partial charge in [0.05, 0.1) is 5.41 Å². The van der Waals surface area contributed by atoms with Gasteiger partial charge in [-0.2, -0.15) is 0 Å². The summed E-state index contributed by atoms with van der Waals surface area (Å²) in [6.45, 7) is 1.89. The summed E-state index contributed by atoms with van der Waals surface area (Å²) in [7, 11) is 0. The summed E-state index contributed by atoms with van der Waals surface area (Å²) in [5, 5.41) is 1.28. The minimum atomic E-state index is -0.650. The number of rotatable bonds is 4. The van der Waals surface area contributed by atoms with Crippen LogP contribution in [0.15, 0.2) is 48.5 Å². The Hall–Kier alpha value is -1.31. The van der Waals surface area contributed by atoms with Crippen molar-refractivity contribution in [3.63, 3.8) is 0 Å². The molecule has 19 heavy (non-hydrogen) atoms. The molecule has 0 spiro atoms. The molecule has 1 unspecified atom stereocenters. The first kappa shape index (κ1) is 14.1. The van der Waals surface area contributed by atoms with Gasteiger partial charge in [-0.1, -0.05) is 53.5 Å². The SMILES string of the molecule is CC(C=O)(Cc1cccc(Cl)c1)c1ccccc1Cl. The minimum Gasteiger partial charge on any atom is -0.302 e. The first-order chi connectivity index (χ1) is 9.05. The fourth-order valence-electron chi connectivity index (χ4n) is 2.20. The van der Waals surface area contributed by atoms with Crippen LogP contribution in [0.4, 0.5) is 0 Å². The Bertz CT molecular complexity index is 595. The van der Waals surface area contributed by atoms with Crippen LogP contribution in [0.5, 0.6) is 0 Å². The van der Waals surface area contributed by atoms with Crippen molar-refractivity contribution in [1.29, 1.82) is 0 Å². The molecule has 0 aliphatic rings. The van der Waals surface area contributed by atoms with Crippen molar-refractivity contribution in [2.45, 2.75) is 18.8 Å². The van der Waals surface area contributed by atoms with E-state index in [9.17, 15) is 4.79 Å². The van der Waals surface area contributed by atoms with Crippen LogP contribution in [0.2, 0.25) is 10.0 Å². The zero-order valence-corrected chi connectivity index (χ0v) is 12.1. The Labute approximate surface area is 123 Å². The Balaban J connectivity index is 2.39. The molecule has 0 saturated heterocycles. The zero-order chi connectivity index (χ0) is 13.9. The first-order valence-electron chi connectivity index (χ1n) is 6.01. The Morgan fingerprint density at radius 1 is 1.11 bits per heavy atom. The molecule has 0 aliphatic carbocycles. The van der Waals surface area contributed by atoms with Crippen LogP contribution in [0.25, 0.3) is 0 Å². The number of hydrogen-bond donors (Lipinski definition) is 0. The van der Waals surface area contributed by atoms with Gasteiger partial charge in [0.25, 0.3) is 0 Å². The second-order valence-corrected chi connectivity index (χ2v) is 5.67. The fourth-order valence-corrected chi connectivity index (χ4v) is 2.76. The number of aldehydes is 1. The van der Waals surface area contributed by atoms with Crippen molar-refractivity contribution in [1.82, 2.24) is 0 Å². The molecular weight excluding hydrogens is 279 g/mol. The van der Waals surface area contributed by atoms with Gasteiger partial charge in [-0.15, -0.1) is 0 Å². The molecule has 0 aliphatic heterocycles. The third-order valence-electron chi connectivity index (χ3n) is 3.21. The van der Waals surface area contributed by atoms with Crippen LogP contribution in [0.3, 0.4) is 0 Å². The molecule has 2 rings (SSSR count). The highest BCUT2D eigenvalue weighted by Crippen LogP contribution is 2.32. The molecule has 3 heteroatoms. The van der Waals surface area contributed by atoms with Crippen molar-refractivity contribution in [3.8, 4) is 0 Å². The molecule has 1 nitrogen and oxygen atoms in total. The van der Waals surface area contributed by atoms with Gasteiger partial charge in [-0.3, -0.25) is 0 Å². The average molecular weight is 293 g/mol. The van der Waals surface area contributed by atoms with E-state index in [1.54, 1.807) is 6.07 Å². The van der Waals surface area contributed by atoms with Crippen molar-refractivity contribution < 1.29 is 4.79 Å². The lowest BCUT2D eigenvalue weighted by atomic mass is 9.78. The highest BCUT2D eigenvalue weighted by atomic mass is 35.5. The molecule has 0 heterocycles. The van der Waals surface area contributed by atoms with Crippen molar-refractivity contribution in [2.75, 3.05) is 0 Å². The van der Waals surface area contributed by atoms with Crippen LogP contribution in [-0.4, -0.2) is 6.29 Å². The molecule has 0 aromatic heterocycles. The van der Waals surface area contributed by atoms with Gasteiger partial charge in [0.2, 0.25) is 0 Å². The van der Waals surface area contributed by atoms with E-state index in [1.165, 1.54) is 0 Å². The van der Waals surface area contributed by atoms with E-state index in [-0.39, 0.29) is 0 Å². The first-order valence-corrected chi connectivity index (χ1v) is 6.76. The summed E-state index contributed by atoms with van der Waals surface area (Å²) in [5.41, 5.74) is 1.21. The number of carbonyl (C=O) groups excluding carboxylic acids is 1. The van der Waals surface area contributed by atoms with Crippen LogP contribution >= 0.6 is 23.2 Å². The predicted octanol–water partition coefficient (Wildman–Crippen LogP) is 4.69. The maximum atomic E-state index is 11.6. The summed E-state index contributed by atoms with van der Waals surface area (Å²) in [6.07, 6.45) is 1.52.